The highest BCUT2D eigenvalue weighted by Gasteiger charge is 2.28. The number of amides is 2. The SMILES string of the molecule is Cc1ccc(C(=O)NNC(=O)c2ccoc2C)cc1S(=O)(=O)N1CCCCC1. The van der Waals surface area contributed by atoms with E-state index in [1.54, 1.807) is 19.9 Å². The lowest BCUT2D eigenvalue weighted by Crippen LogP contribution is -2.42. The van der Waals surface area contributed by atoms with Crippen LogP contribution in [0.15, 0.2) is 39.8 Å². The summed E-state index contributed by atoms with van der Waals surface area (Å²) in [7, 11) is -3.67. The molecule has 0 aliphatic carbocycles. The van der Waals surface area contributed by atoms with Crippen LogP contribution >= 0.6 is 0 Å². The lowest BCUT2D eigenvalue weighted by molar-refractivity contribution is 0.0845. The zero-order chi connectivity index (χ0) is 20.3. The maximum Gasteiger partial charge on any atom is 0.273 e. The van der Waals surface area contributed by atoms with E-state index >= 15 is 0 Å². The molecule has 0 atom stereocenters. The highest BCUT2D eigenvalue weighted by Crippen LogP contribution is 2.24. The van der Waals surface area contributed by atoms with E-state index in [1.807, 2.05) is 0 Å². The van der Waals surface area contributed by atoms with Gasteiger partial charge in [-0.25, -0.2) is 8.42 Å². The molecule has 2 heterocycles. The number of piperidine rings is 1. The minimum Gasteiger partial charge on any atom is -0.469 e. The van der Waals surface area contributed by atoms with E-state index in [-0.39, 0.29) is 10.5 Å². The molecule has 9 heteroatoms. The third kappa shape index (κ3) is 4.10. The number of sulfonamides is 1. The Labute approximate surface area is 163 Å². The van der Waals surface area contributed by atoms with Gasteiger partial charge in [0, 0.05) is 18.7 Å². The van der Waals surface area contributed by atoms with Gasteiger partial charge in [-0.1, -0.05) is 12.5 Å². The van der Waals surface area contributed by atoms with Gasteiger partial charge in [0.15, 0.2) is 0 Å². The number of benzene rings is 1. The summed E-state index contributed by atoms with van der Waals surface area (Å²) in [5.74, 6) is -0.700. The lowest BCUT2D eigenvalue weighted by Gasteiger charge is -2.26. The van der Waals surface area contributed by atoms with E-state index in [0.717, 1.165) is 19.3 Å². The third-order valence-electron chi connectivity index (χ3n) is 4.78. The van der Waals surface area contributed by atoms with Gasteiger partial charge in [-0.05, 0) is 50.5 Å². The molecule has 2 amide bonds. The molecule has 2 N–H and O–H groups in total. The van der Waals surface area contributed by atoms with Gasteiger partial charge >= 0.3 is 0 Å². The molecule has 1 aromatic carbocycles. The van der Waals surface area contributed by atoms with Crippen molar-refractivity contribution in [3.05, 3.63) is 53.0 Å². The van der Waals surface area contributed by atoms with Crippen LogP contribution in [0, 0.1) is 13.8 Å². The summed E-state index contributed by atoms with van der Waals surface area (Å²) in [5.41, 5.74) is 5.62. The Morgan fingerprint density at radius 3 is 2.32 bits per heavy atom. The Bertz CT molecular complexity index is 991. The standard InChI is InChI=1S/C19H23N3O5S/c1-13-6-7-15(12-17(13)28(25,26)22-9-4-3-5-10-22)18(23)20-21-19(24)16-8-11-27-14(16)2/h6-8,11-12H,3-5,9-10H2,1-2H3,(H,20,23)(H,21,24). The Hall–Kier alpha value is -2.65. The molecule has 1 aliphatic rings. The minimum absolute atomic E-state index is 0.110. The zero-order valence-corrected chi connectivity index (χ0v) is 16.6. The zero-order valence-electron chi connectivity index (χ0n) is 15.8. The van der Waals surface area contributed by atoms with Crippen molar-refractivity contribution in [1.29, 1.82) is 0 Å². The van der Waals surface area contributed by atoms with Gasteiger partial charge < -0.3 is 4.42 Å². The van der Waals surface area contributed by atoms with Crippen LogP contribution in [0.5, 0.6) is 0 Å². The van der Waals surface area contributed by atoms with Gasteiger partial charge in [-0.2, -0.15) is 4.31 Å². The third-order valence-corrected chi connectivity index (χ3v) is 6.82. The Morgan fingerprint density at radius 2 is 1.68 bits per heavy atom. The highest BCUT2D eigenvalue weighted by molar-refractivity contribution is 7.89. The van der Waals surface area contributed by atoms with Gasteiger partial charge in [0.1, 0.15) is 5.76 Å². The highest BCUT2D eigenvalue weighted by atomic mass is 32.2. The molecule has 0 radical (unpaired) electrons. The summed E-state index contributed by atoms with van der Waals surface area (Å²) in [5, 5.41) is 0. The predicted molar refractivity (Wildman–Crippen MR) is 102 cm³/mol. The van der Waals surface area contributed by atoms with Crippen molar-refractivity contribution in [1.82, 2.24) is 15.2 Å². The van der Waals surface area contributed by atoms with E-state index < -0.39 is 21.8 Å². The fourth-order valence-electron chi connectivity index (χ4n) is 3.14. The molecule has 3 rings (SSSR count). The molecule has 1 aliphatic heterocycles. The number of nitrogens with one attached hydrogen (secondary N) is 2. The van der Waals surface area contributed by atoms with Gasteiger partial charge in [-0.3, -0.25) is 20.4 Å². The van der Waals surface area contributed by atoms with Crippen molar-refractivity contribution >= 4 is 21.8 Å². The molecule has 0 spiro atoms. The molecule has 0 saturated carbocycles. The summed E-state index contributed by atoms with van der Waals surface area (Å²) >= 11 is 0. The molecule has 1 fully saturated rings. The van der Waals surface area contributed by atoms with Crippen LogP contribution < -0.4 is 10.9 Å². The van der Waals surface area contributed by atoms with Crippen LogP contribution in [0.2, 0.25) is 0 Å². The van der Waals surface area contributed by atoms with Gasteiger partial charge in [0.2, 0.25) is 10.0 Å². The number of hydrogen-bond acceptors (Lipinski definition) is 5. The normalized spacial score (nSPS) is 15.2. The number of hydrogen-bond donors (Lipinski definition) is 2. The van der Waals surface area contributed by atoms with Crippen molar-refractivity contribution in [2.45, 2.75) is 38.0 Å². The smallest absolute Gasteiger partial charge is 0.273 e. The summed E-state index contributed by atoms with van der Waals surface area (Å²) in [6, 6.07) is 5.96. The Balaban J connectivity index is 1.76. The topological polar surface area (TPSA) is 109 Å². The van der Waals surface area contributed by atoms with E-state index in [1.165, 1.54) is 28.8 Å². The summed E-state index contributed by atoms with van der Waals surface area (Å²) < 4.78 is 32.4. The lowest BCUT2D eigenvalue weighted by atomic mass is 10.1. The number of aryl methyl sites for hydroxylation is 2. The first kappa shape index (κ1) is 20.1. The first-order valence-electron chi connectivity index (χ1n) is 9.06. The second-order valence-electron chi connectivity index (χ2n) is 6.74. The summed E-state index contributed by atoms with van der Waals surface area (Å²) in [4.78, 5) is 24.6. The molecular weight excluding hydrogens is 382 g/mol. The van der Waals surface area contributed by atoms with E-state index in [9.17, 15) is 18.0 Å². The first-order chi connectivity index (χ1) is 13.3. The Kier molecular flexibility index (Phi) is 5.85. The molecule has 0 bridgehead atoms. The summed E-state index contributed by atoms with van der Waals surface area (Å²) in [6.45, 7) is 4.30. The molecule has 2 aromatic rings. The second-order valence-corrected chi connectivity index (χ2v) is 8.65. The number of furan rings is 1. The largest absolute Gasteiger partial charge is 0.469 e. The predicted octanol–water partition coefficient (Wildman–Crippen LogP) is 2.15. The van der Waals surface area contributed by atoms with Crippen molar-refractivity contribution in [3.63, 3.8) is 0 Å². The number of rotatable bonds is 4. The second kappa shape index (κ2) is 8.15. The maximum absolute atomic E-state index is 13.0. The van der Waals surface area contributed by atoms with Crippen molar-refractivity contribution in [2.75, 3.05) is 13.1 Å². The van der Waals surface area contributed by atoms with Crippen LogP contribution in [0.1, 0.15) is 51.3 Å². The molecular formula is C19H23N3O5S. The number of nitrogens with zero attached hydrogens (tertiary/aromatic N) is 1. The molecule has 8 nitrogen and oxygen atoms in total. The van der Waals surface area contributed by atoms with Crippen LogP contribution in [-0.2, 0) is 10.0 Å². The Morgan fingerprint density at radius 1 is 1.00 bits per heavy atom. The molecule has 0 unspecified atom stereocenters. The number of hydrazine groups is 1. The van der Waals surface area contributed by atoms with Crippen LogP contribution in [-0.4, -0.2) is 37.6 Å². The average molecular weight is 405 g/mol. The summed E-state index contributed by atoms with van der Waals surface area (Å²) in [6.07, 6.45) is 4.06. The number of carbonyl (C=O) groups is 2. The van der Waals surface area contributed by atoms with E-state index in [2.05, 4.69) is 10.9 Å². The van der Waals surface area contributed by atoms with Gasteiger partial charge in [0.05, 0.1) is 16.7 Å². The number of carbonyl (C=O) groups excluding carboxylic acids is 2. The molecule has 1 saturated heterocycles. The fraction of sp³-hybridized carbons (Fsp3) is 0.368. The van der Waals surface area contributed by atoms with Crippen molar-refractivity contribution in [3.8, 4) is 0 Å². The monoisotopic (exact) mass is 405 g/mol. The molecule has 150 valence electrons. The van der Waals surface area contributed by atoms with Crippen LogP contribution in [0.4, 0.5) is 0 Å². The first-order valence-corrected chi connectivity index (χ1v) is 10.5. The van der Waals surface area contributed by atoms with Gasteiger partial charge in [-0.15, -0.1) is 0 Å². The van der Waals surface area contributed by atoms with Crippen LogP contribution in [0.25, 0.3) is 0 Å². The van der Waals surface area contributed by atoms with Crippen molar-refractivity contribution < 1.29 is 22.4 Å². The average Bonchev–Trinajstić information content (AvgIpc) is 3.12. The van der Waals surface area contributed by atoms with E-state index in [4.69, 9.17) is 4.42 Å². The molecule has 28 heavy (non-hydrogen) atoms. The fourth-order valence-corrected chi connectivity index (χ4v) is 4.91. The van der Waals surface area contributed by atoms with Crippen molar-refractivity contribution in [2.24, 2.45) is 0 Å². The maximum atomic E-state index is 13.0. The van der Waals surface area contributed by atoms with Crippen LogP contribution in [0.3, 0.4) is 0 Å². The van der Waals surface area contributed by atoms with E-state index in [0.29, 0.717) is 30.0 Å². The van der Waals surface area contributed by atoms with Gasteiger partial charge in [0.25, 0.3) is 11.8 Å². The quantitative estimate of drug-likeness (QED) is 0.758. The molecule has 1 aromatic heterocycles. The minimum atomic E-state index is -3.67.